The van der Waals surface area contributed by atoms with Crippen molar-refractivity contribution < 1.29 is 5.11 Å². The van der Waals surface area contributed by atoms with Gasteiger partial charge < -0.3 is 10.4 Å². The van der Waals surface area contributed by atoms with Crippen molar-refractivity contribution in [3.8, 4) is 0 Å². The maximum absolute atomic E-state index is 9.54. The van der Waals surface area contributed by atoms with E-state index >= 15 is 0 Å². The van der Waals surface area contributed by atoms with E-state index in [1.807, 2.05) is 18.2 Å². The zero-order valence-corrected chi connectivity index (χ0v) is 12.7. The van der Waals surface area contributed by atoms with E-state index in [4.69, 9.17) is 0 Å². The van der Waals surface area contributed by atoms with Crippen molar-refractivity contribution in [1.82, 2.24) is 15.0 Å². The van der Waals surface area contributed by atoms with Crippen molar-refractivity contribution >= 4 is 5.82 Å². The predicted molar refractivity (Wildman–Crippen MR) is 83.3 cm³/mol. The fraction of sp³-hybridized carbons (Fsp3) is 0.438. The first kappa shape index (κ1) is 15.4. The topological polar surface area (TPSA) is 70.9 Å². The summed E-state index contributed by atoms with van der Waals surface area (Å²) in [5.74, 6) is 0.768. The van der Waals surface area contributed by atoms with Crippen LogP contribution in [0.3, 0.4) is 0 Å². The van der Waals surface area contributed by atoms with E-state index < -0.39 is 0 Å². The van der Waals surface area contributed by atoms with Crippen molar-refractivity contribution in [3.05, 3.63) is 48.2 Å². The molecule has 0 spiro atoms. The average molecular weight is 286 g/mol. The Labute approximate surface area is 125 Å². The van der Waals surface area contributed by atoms with Gasteiger partial charge in [-0.3, -0.25) is 4.98 Å². The van der Waals surface area contributed by atoms with Gasteiger partial charge >= 0.3 is 0 Å². The molecule has 2 heterocycles. The van der Waals surface area contributed by atoms with Crippen LogP contribution in [-0.4, -0.2) is 33.2 Å². The molecule has 0 saturated heterocycles. The summed E-state index contributed by atoms with van der Waals surface area (Å²) < 4.78 is 0. The third-order valence-electron chi connectivity index (χ3n) is 3.34. The van der Waals surface area contributed by atoms with Crippen LogP contribution in [0, 0.1) is 0 Å². The monoisotopic (exact) mass is 286 g/mol. The molecular weight excluding hydrogens is 264 g/mol. The van der Waals surface area contributed by atoms with Gasteiger partial charge in [-0.25, -0.2) is 9.97 Å². The number of hydrogen-bond donors (Lipinski definition) is 2. The van der Waals surface area contributed by atoms with Gasteiger partial charge in [0, 0.05) is 36.3 Å². The molecule has 0 saturated carbocycles. The van der Waals surface area contributed by atoms with Crippen LogP contribution < -0.4 is 5.32 Å². The molecule has 0 aromatic carbocycles. The lowest BCUT2D eigenvalue weighted by atomic mass is 9.92. The van der Waals surface area contributed by atoms with Gasteiger partial charge in [-0.2, -0.15) is 0 Å². The normalized spacial score (nSPS) is 13.0. The van der Waals surface area contributed by atoms with Crippen molar-refractivity contribution in [2.45, 2.75) is 32.1 Å². The van der Waals surface area contributed by atoms with Crippen molar-refractivity contribution in [2.24, 2.45) is 0 Å². The van der Waals surface area contributed by atoms with Gasteiger partial charge in [-0.15, -0.1) is 0 Å². The number of hydrogen-bond acceptors (Lipinski definition) is 5. The van der Waals surface area contributed by atoms with Crippen molar-refractivity contribution in [3.63, 3.8) is 0 Å². The molecule has 0 radical (unpaired) electrons. The largest absolute Gasteiger partial charge is 0.396 e. The molecule has 2 N–H and O–H groups in total. The smallest absolute Gasteiger partial charge is 0.129 e. The summed E-state index contributed by atoms with van der Waals surface area (Å²) in [6, 6.07) is 5.80. The molecule has 5 heteroatoms. The Balaban J connectivity index is 2.05. The fourth-order valence-corrected chi connectivity index (χ4v) is 2.00. The fourth-order valence-electron chi connectivity index (χ4n) is 2.00. The van der Waals surface area contributed by atoms with Gasteiger partial charge in [0.05, 0.1) is 12.3 Å². The summed E-state index contributed by atoms with van der Waals surface area (Å²) in [6.07, 6.45) is 5.08. The lowest BCUT2D eigenvalue weighted by Gasteiger charge is -2.19. The molecule has 1 atom stereocenters. The van der Waals surface area contributed by atoms with E-state index in [1.54, 1.807) is 18.7 Å². The SMILES string of the molecule is CC(C)(C)c1cc(NCC(CO)c2cccnc2)ncn1. The quantitative estimate of drug-likeness (QED) is 0.883. The van der Waals surface area contributed by atoms with E-state index in [-0.39, 0.29) is 17.9 Å². The maximum Gasteiger partial charge on any atom is 0.129 e. The molecule has 2 aromatic rings. The highest BCUT2D eigenvalue weighted by atomic mass is 16.3. The van der Waals surface area contributed by atoms with Crippen molar-refractivity contribution in [2.75, 3.05) is 18.5 Å². The second-order valence-corrected chi connectivity index (χ2v) is 6.09. The Morgan fingerprint density at radius 3 is 2.71 bits per heavy atom. The van der Waals surface area contributed by atoms with Gasteiger partial charge in [-0.1, -0.05) is 26.8 Å². The van der Waals surface area contributed by atoms with Crippen LogP contribution in [0.15, 0.2) is 36.9 Å². The predicted octanol–water partition coefficient (Wildman–Crippen LogP) is 2.36. The number of nitrogens with one attached hydrogen (secondary N) is 1. The van der Waals surface area contributed by atoms with Gasteiger partial charge in [0.2, 0.25) is 0 Å². The molecule has 112 valence electrons. The zero-order chi connectivity index (χ0) is 15.3. The molecule has 0 aliphatic carbocycles. The number of pyridine rings is 1. The number of nitrogens with zero attached hydrogens (tertiary/aromatic N) is 3. The molecule has 0 amide bonds. The molecular formula is C16H22N4O. The number of aromatic nitrogens is 3. The Kier molecular flexibility index (Phi) is 4.85. The standard InChI is InChI=1S/C16H22N4O/c1-16(2,3)14-7-15(20-11-19-14)18-9-13(10-21)12-5-4-6-17-8-12/h4-8,11,13,21H,9-10H2,1-3H3,(H,18,19,20). The van der Waals surface area contributed by atoms with E-state index in [9.17, 15) is 5.11 Å². The summed E-state index contributed by atoms with van der Waals surface area (Å²) in [4.78, 5) is 12.6. The molecule has 21 heavy (non-hydrogen) atoms. The summed E-state index contributed by atoms with van der Waals surface area (Å²) in [7, 11) is 0. The van der Waals surface area contributed by atoms with Crippen LogP contribution in [0.25, 0.3) is 0 Å². The second-order valence-electron chi connectivity index (χ2n) is 6.09. The van der Waals surface area contributed by atoms with Crippen LogP contribution in [0.5, 0.6) is 0 Å². The summed E-state index contributed by atoms with van der Waals surface area (Å²) in [5.41, 5.74) is 1.98. The first-order chi connectivity index (χ1) is 10.0. The zero-order valence-electron chi connectivity index (χ0n) is 12.7. The van der Waals surface area contributed by atoms with E-state index in [0.29, 0.717) is 6.54 Å². The molecule has 5 nitrogen and oxygen atoms in total. The lowest BCUT2D eigenvalue weighted by Crippen LogP contribution is -2.18. The molecule has 2 rings (SSSR count). The molecule has 0 bridgehead atoms. The van der Waals surface area contributed by atoms with E-state index in [2.05, 4.69) is 41.0 Å². The van der Waals surface area contributed by atoms with Crippen LogP contribution in [0.1, 0.15) is 37.9 Å². The van der Waals surface area contributed by atoms with Gasteiger partial charge in [0.25, 0.3) is 0 Å². The van der Waals surface area contributed by atoms with Gasteiger partial charge in [0.15, 0.2) is 0 Å². The molecule has 0 aliphatic heterocycles. The molecule has 1 unspecified atom stereocenters. The highest BCUT2D eigenvalue weighted by Gasteiger charge is 2.16. The van der Waals surface area contributed by atoms with Crippen LogP contribution in [-0.2, 0) is 5.41 Å². The number of aliphatic hydroxyl groups excluding tert-OH is 1. The second kappa shape index (κ2) is 6.63. The number of rotatable bonds is 5. The maximum atomic E-state index is 9.54. The minimum Gasteiger partial charge on any atom is -0.396 e. The average Bonchev–Trinajstić information content (AvgIpc) is 2.48. The highest BCUT2D eigenvalue weighted by Crippen LogP contribution is 2.21. The van der Waals surface area contributed by atoms with Gasteiger partial charge in [0.1, 0.15) is 12.1 Å². The molecule has 0 fully saturated rings. The summed E-state index contributed by atoms with van der Waals surface area (Å²) >= 11 is 0. The van der Waals surface area contributed by atoms with E-state index in [1.165, 1.54) is 0 Å². The number of aliphatic hydroxyl groups is 1. The lowest BCUT2D eigenvalue weighted by molar-refractivity contribution is 0.269. The van der Waals surface area contributed by atoms with Crippen LogP contribution >= 0.6 is 0 Å². The summed E-state index contributed by atoms with van der Waals surface area (Å²) in [6.45, 7) is 7.01. The molecule has 2 aromatic heterocycles. The Bertz CT molecular complexity index is 566. The minimum atomic E-state index is -0.0148. The van der Waals surface area contributed by atoms with Crippen molar-refractivity contribution in [1.29, 1.82) is 0 Å². The summed E-state index contributed by atoms with van der Waals surface area (Å²) in [5, 5.41) is 12.8. The van der Waals surface area contributed by atoms with Crippen LogP contribution in [0.2, 0.25) is 0 Å². The van der Waals surface area contributed by atoms with Gasteiger partial charge in [-0.05, 0) is 11.6 Å². The first-order valence-electron chi connectivity index (χ1n) is 7.08. The van der Waals surface area contributed by atoms with E-state index in [0.717, 1.165) is 17.1 Å². The van der Waals surface area contributed by atoms with Crippen LogP contribution in [0.4, 0.5) is 5.82 Å². The Hall–Kier alpha value is -2.01. The molecule has 0 aliphatic rings. The Morgan fingerprint density at radius 1 is 1.29 bits per heavy atom. The Morgan fingerprint density at radius 2 is 2.10 bits per heavy atom. The third-order valence-corrected chi connectivity index (χ3v) is 3.34. The minimum absolute atomic E-state index is 0.00764. The first-order valence-corrected chi connectivity index (χ1v) is 7.08. The third kappa shape index (κ3) is 4.23. The number of anilines is 1. The highest BCUT2D eigenvalue weighted by molar-refractivity contribution is 5.37.